The van der Waals surface area contributed by atoms with Gasteiger partial charge in [-0.2, -0.15) is 4.98 Å². The van der Waals surface area contributed by atoms with Crippen LogP contribution >= 0.6 is 0 Å². The zero-order valence-corrected chi connectivity index (χ0v) is 20.3. The lowest BCUT2D eigenvalue weighted by molar-refractivity contribution is 0.222. The molecule has 8 nitrogen and oxygen atoms in total. The van der Waals surface area contributed by atoms with Crippen LogP contribution in [-0.4, -0.2) is 71.2 Å². The van der Waals surface area contributed by atoms with Crippen molar-refractivity contribution in [2.75, 3.05) is 54.9 Å². The summed E-state index contributed by atoms with van der Waals surface area (Å²) >= 11 is 0. The Morgan fingerprint density at radius 2 is 1.88 bits per heavy atom. The first-order chi connectivity index (χ1) is 16.6. The van der Waals surface area contributed by atoms with Crippen LogP contribution in [0.25, 0.3) is 0 Å². The van der Waals surface area contributed by atoms with E-state index in [1.54, 1.807) is 0 Å². The Hall–Kier alpha value is -2.87. The van der Waals surface area contributed by atoms with Gasteiger partial charge in [0.25, 0.3) is 0 Å². The molecule has 180 valence electrons. The van der Waals surface area contributed by atoms with Crippen molar-refractivity contribution in [1.82, 2.24) is 25.2 Å². The fourth-order valence-electron chi connectivity index (χ4n) is 6.23. The average molecular weight is 461 g/mol. The molecule has 0 radical (unpaired) electrons. The molecule has 0 amide bonds. The summed E-state index contributed by atoms with van der Waals surface area (Å²) in [4.78, 5) is 21.8. The van der Waals surface area contributed by atoms with Gasteiger partial charge in [-0.25, -0.2) is 9.97 Å². The van der Waals surface area contributed by atoms with Crippen molar-refractivity contribution >= 4 is 23.3 Å². The number of nitrogens with zero attached hydrogens (tertiary/aromatic N) is 6. The van der Waals surface area contributed by atoms with E-state index in [0.29, 0.717) is 12.0 Å². The second kappa shape index (κ2) is 8.73. The van der Waals surface area contributed by atoms with Crippen LogP contribution in [0, 0.1) is 0 Å². The maximum absolute atomic E-state index is 5.08. The summed E-state index contributed by atoms with van der Waals surface area (Å²) in [6, 6.07) is 4.49. The van der Waals surface area contributed by atoms with Crippen molar-refractivity contribution in [1.29, 1.82) is 0 Å². The van der Waals surface area contributed by atoms with Crippen LogP contribution in [0.5, 0.6) is 0 Å². The summed E-state index contributed by atoms with van der Waals surface area (Å²) in [5, 5.41) is 7.01. The lowest BCUT2D eigenvalue weighted by atomic mass is 9.75. The highest BCUT2D eigenvalue weighted by atomic mass is 15.4. The van der Waals surface area contributed by atoms with E-state index in [1.807, 2.05) is 18.5 Å². The van der Waals surface area contributed by atoms with Gasteiger partial charge in [0.15, 0.2) is 0 Å². The maximum Gasteiger partial charge on any atom is 0.230 e. The number of rotatable bonds is 3. The zero-order valence-electron chi connectivity index (χ0n) is 20.3. The number of aryl methyl sites for hydroxylation is 1. The Bertz CT molecular complexity index is 1040. The van der Waals surface area contributed by atoms with Crippen LogP contribution in [0.3, 0.4) is 0 Å². The number of likely N-dealkylation sites (N-methyl/N-ethyl adjacent to an activating group) is 1. The van der Waals surface area contributed by atoms with E-state index >= 15 is 0 Å². The molecular weight excluding hydrogens is 424 g/mol. The molecule has 1 atom stereocenters. The number of nitrogens with one attached hydrogen (secondary N) is 2. The fraction of sp³-hybridized carbons (Fsp3) is 0.577. The van der Waals surface area contributed by atoms with Crippen LogP contribution in [0.15, 0.2) is 36.8 Å². The van der Waals surface area contributed by atoms with Crippen LogP contribution < -0.4 is 20.4 Å². The number of hydrogen-bond acceptors (Lipinski definition) is 8. The molecule has 2 N–H and O–H groups in total. The Morgan fingerprint density at radius 3 is 2.65 bits per heavy atom. The molecule has 3 aliphatic heterocycles. The minimum absolute atomic E-state index is 0.132. The zero-order chi connectivity index (χ0) is 23.1. The molecule has 1 saturated carbocycles. The first kappa shape index (κ1) is 21.6. The summed E-state index contributed by atoms with van der Waals surface area (Å²) in [5.74, 6) is 2.49. The normalized spacial score (nSPS) is 24.4. The van der Waals surface area contributed by atoms with Gasteiger partial charge >= 0.3 is 0 Å². The van der Waals surface area contributed by atoms with Gasteiger partial charge in [-0.1, -0.05) is 25.8 Å². The van der Waals surface area contributed by atoms with Crippen LogP contribution in [0.2, 0.25) is 0 Å². The molecule has 34 heavy (non-hydrogen) atoms. The van der Waals surface area contributed by atoms with E-state index in [-0.39, 0.29) is 5.54 Å². The van der Waals surface area contributed by atoms with E-state index in [1.165, 1.54) is 43.4 Å². The van der Waals surface area contributed by atoms with Gasteiger partial charge in [0.2, 0.25) is 5.95 Å². The van der Waals surface area contributed by atoms with Gasteiger partial charge in [-0.3, -0.25) is 0 Å². The topological polar surface area (TPSA) is 72.5 Å². The Labute approximate surface area is 202 Å². The van der Waals surface area contributed by atoms with Gasteiger partial charge in [0.05, 0.1) is 23.5 Å². The van der Waals surface area contributed by atoms with Gasteiger partial charge in [0.1, 0.15) is 11.6 Å². The Morgan fingerprint density at radius 1 is 1.06 bits per heavy atom. The lowest BCUT2D eigenvalue weighted by Crippen LogP contribution is -2.66. The van der Waals surface area contributed by atoms with E-state index in [9.17, 15) is 0 Å². The highest BCUT2D eigenvalue weighted by molar-refractivity contribution is 5.60. The summed E-state index contributed by atoms with van der Waals surface area (Å²) in [5.41, 5.74) is 3.69. The van der Waals surface area contributed by atoms with Crippen molar-refractivity contribution in [3.05, 3.63) is 42.4 Å². The van der Waals surface area contributed by atoms with E-state index in [4.69, 9.17) is 4.98 Å². The smallest absolute Gasteiger partial charge is 0.230 e. The third kappa shape index (κ3) is 3.87. The molecule has 0 bridgehead atoms. The van der Waals surface area contributed by atoms with Crippen LogP contribution in [0.4, 0.5) is 23.3 Å². The average Bonchev–Trinajstić information content (AvgIpc) is 2.88. The minimum atomic E-state index is 0.132. The Balaban J connectivity index is 1.25. The second-order valence-corrected chi connectivity index (χ2v) is 10.4. The highest BCUT2D eigenvalue weighted by Gasteiger charge is 2.48. The summed E-state index contributed by atoms with van der Waals surface area (Å²) in [7, 11) is 2.18. The van der Waals surface area contributed by atoms with Gasteiger partial charge in [-0.15, -0.1) is 0 Å². The minimum Gasteiger partial charge on any atom is -0.385 e. The highest BCUT2D eigenvalue weighted by Crippen LogP contribution is 2.45. The molecule has 0 aromatic carbocycles. The number of aromatic nitrogens is 3. The number of piperazine rings is 2. The molecule has 4 aliphatic rings. The quantitative estimate of drug-likeness (QED) is 0.723. The summed E-state index contributed by atoms with van der Waals surface area (Å²) < 4.78 is 0. The standard InChI is InChI=1S/C26H36N8/c1-19-22-8-6-20-16-28-25(31-24(20)34(22)26(18-29-19)10-4-3-5-11-26)30-23-9-7-21(17-27-23)33-14-12-32(2)13-15-33/h7,9,16-17,22,29H,1,3-6,8,10-15,18H2,2H3,(H,27,28,30,31). The molecule has 2 aromatic heterocycles. The third-order valence-corrected chi connectivity index (χ3v) is 8.27. The molecule has 1 unspecified atom stereocenters. The predicted octanol–water partition coefficient (Wildman–Crippen LogP) is 3.31. The summed E-state index contributed by atoms with van der Waals surface area (Å²) in [6.45, 7) is 9.58. The number of anilines is 4. The van der Waals surface area contributed by atoms with Crippen LogP contribution in [0.1, 0.15) is 44.1 Å². The molecule has 8 heteroatoms. The number of fused-ring (bicyclic) bond motifs is 4. The maximum atomic E-state index is 5.08. The number of pyridine rings is 1. The molecule has 2 aromatic rings. The first-order valence-electron chi connectivity index (χ1n) is 12.9. The van der Waals surface area contributed by atoms with Crippen molar-refractivity contribution in [2.45, 2.75) is 56.5 Å². The van der Waals surface area contributed by atoms with Crippen molar-refractivity contribution in [2.24, 2.45) is 0 Å². The first-order valence-corrected chi connectivity index (χ1v) is 12.9. The molecular formula is C26H36N8. The largest absolute Gasteiger partial charge is 0.385 e. The molecule has 1 aliphatic carbocycles. The van der Waals surface area contributed by atoms with E-state index in [0.717, 1.165) is 62.9 Å². The third-order valence-electron chi connectivity index (χ3n) is 8.27. The van der Waals surface area contributed by atoms with Crippen molar-refractivity contribution < 1.29 is 0 Å². The lowest BCUT2D eigenvalue weighted by Gasteiger charge is -2.56. The molecule has 6 rings (SSSR count). The van der Waals surface area contributed by atoms with Gasteiger partial charge < -0.3 is 25.3 Å². The van der Waals surface area contributed by atoms with Crippen molar-refractivity contribution in [3.63, 3.8) is 0 Å². The monoisotopic (exact) mass is 460 g/mol. The van der Waals surface area contributed by atoms with Gasteiger partial charge in [-0.05, 0) is 44.9 Å². The molecule has 2 saturated heterocycles. The fourth-order valence-corrected chi connectivity index (χ4v) is 6.23. The second-order valence-electron chi connectivity index (χ2n) is 10.4. The molecule has 1 spiro atoms. The Kier molecular flexibility index (Phi) is 5.56. The van der Waals surface area contributed by atoms with E-state index in [2.05, 4.69) is 55.0 Å². The molecule has 3 fully saturated rings. The van der Waals surface area contributed by atoms with Crippen molar-refractivity contribution in [3.8, 4) is 0 Å². The molecule has 5 heterocycles. The predicted molar refractivity (Wildman–Crippen MR) is 137 cm³/mol. The SMILES string of the molecule is C=C1NCC2(CCCCC2)N2c3nc(Nc4ccc(N5CCN(C)CC5)cn4)ncc3CCC12. The van der Waals surface area contributed by atoms with E-state index < -0.39 is 0 Å². The van der Waals surface area contributed by atoms with Crippen LogP contribution in [-0.2, 0) is 6.42 Å². The number of hydrogen-bond donors (Lipinski definition) is 2. The van der Waals surface area contributed by atoms with Gasteiger partial charge in [0, 0.05) is 50.2 Å². The summed E-state index contributed by atoms with van der Waals surface area (Å²) in [6.07, 6.45) is 12.4.